The van der Waals surface area contributed by atoms with Gasteiger partial charge in [0.05, 0.1) is 11.0 Å². The molecule has 2 aromatic carbocycles. The number of non-ortho nitro benzene ring substituents is 1. The lowest BCUT2D eigenvalue weighted by Gasteiger charge is -2.08. The number of benzene rings is 2. The van der Waals surface area contributed by atoms with E-state index in [9.17, 15) is 14.9 Å². The van der Waals surface area contributed by atoms with Gasteiger partial charge in [0, 0.05) is 17.3 Å². The number of nitro groups is 1. The maximum absolute atomic E-state index is 12.0. The number of nitrogens with zero attached hydrogens (tertiary/aromatic N) is 3. The average Bonchev–Trinajstić information content (AvgIpc) is 3.15. The smallest absolute Gasteiger partial charge is 0.273 e. The summed E-state index contributed by atoms with van der Waals surface area (Å²) in [6, 6.07) is 12.5. The van der Waals surface area contributed by atoms with Crippen LogP contribution in [0, 0.1) is 10.1 Å². The molecule has 1 heterocycles. The Morgan fingerprint density at radius 3 is 2.84 bits per heavy atom. The molecule has 126 valence electrons. The lowest BCUT2D eigenvalue weighted by Crippen LogP contribution is -2.20. The Labute approximate surface area is 141 Å². The van der Waals surface area contributed by atoms with Gasteiger partial charge in [-0.1, -0.05) is 12.1 Å². The van der Waals surface area contributed by atoms with Crippen LogP contribution in [0.1, 0.15) is 0 Å². The molecule has 9 heteroatoms. The van der Waals surface area contributed by atoms with Crippen LogP contribution in [0.3, 0.4) is 0 Å². The van der Waals surface area contributed by atoms with Gasteiger partial charge in [-0.3, -0.25) is 14.9 Å². The lowest BCUT2D eigenvalue weighted by atomic mass is 10.2. The molecule has 1 amide bonds. The van der Waals surface area contributed by atoms with Gasteiger partial charge < -0.3 is 14.5 Å². The van der Waals surface area contributed by atoms with Crippen LogP contribution in [0.15, 0.2) is 59.3 Å². The summed E-state index contributed by atoms with van der Waals surface area (Å²) in [7, 11) is 0. The zero-order valence-corrected chi connectivity index (χ0v) is 12.8. The van der Waals surface area contributed by atoms with Crippen LogP contribution in [0.4, 0.5) is 11.4 Å². The van der Waals surface area contributed by atoms with E-state index in [1.165, 1.54) is 30.7 Å². The Bertz CT molecular complexity index is 895. The summed E-state index contributed by atoms with van der Waals surface area (Å²) in [6.07, 6.45) is 1.22. The SMILES string of the molecule is O=C(COc1cccc([N+](=O)[O-])c1)Nc1cccc(-c2nnco2)c1. The fourth-order valence-corrected chi connectivity index (χ4v) is 2.06. The predicted molar refractivity (Wildman–Crippen MR) is 87.0 cm³/mol. The standard InChI is InChI=1S/C16H12N4O5/c21-15(9-24-14-6-2-5-13(8-14)20(22)23)18-12-4-1-3-11(7-12)16-19-17-10-25-16/h1-8,10H,9H2,(H,18,21). The third kappa shape index (κ3) is 4.16. The molecule has 3 aromatic rings. The van der Waals surface area contributed by atoms with Gasteiger partial charge in [-0.2, -0.15) is 0 Å². The minimum Gasteiger partial charge on any atom is -0.484 e. The van der Waals surface area contributed by atoms with E-state index in [1.807, 2.05) is 0 Å². The van der Waals surface area contributed by atoms with Gasteiger partial charge in [0.2, 0.25) is 12.3 Å². The van der Waals surface area contributed by atoms with E-state index in [2.05, 4.69) is 15.5 Å². The first-order valence-electron chi connectivity index (χ1n) is 7.15. The van der Waals surface area contributed by atoms with Crippen molar-refractivity contribution in [1.29, 1.82) is 0 Å². The summed E-state index contributed by atoms with van der Waals surface area (Å²) >= 11 is 0. The van der Waals surface area contributed by atoms with Crippen LogP contribution in [0.25, 0.3) is 11.5 Å². The number of anilines is 1. The van der Waals surface area contributed by atoms with Gasteiger partial charge in [-0.25, -0.2) is 0 Å². The highest BCUT2D eigenvalue weighted by Crippen LogP contribution is 2.21. The Hall–Kier alpha value is -3.75. The molecule has 0 spiro atoms. The molecule has 0 fully saturated rings. The topological polar surface area (TPSA) is 120 Å². The van der Waals surface area contributed by atoms with Crippen molar-refractivity contribution >= 4 is 17.3 Å². The number of amides is 1. The summed E-state index contributed by atoms with van der Waals surface area (Å²) in [5.41, 5.74) is 1.09. The Morgan fingerprint density at radius 2 is 2.08 bits per heavy atom. The van der Waals surface area contributed by atoms with Gasteiger partial charge in [-0.05, 0) is 24.3 Å². The van der Waals surface area contributed by atoms with Crippen molar-refractivity contribution in [3.63, 3.8) is 0 Å². The highest BCUT2D eigenvalue weighted by molar-refractivity contribution is 5.92. The van der Waals surface area contributed by atoms with Gasteiger partial charge in [-0.15, -0.1) is 10.2 Å². The minimum absolute atomic E-state index is 0.106. The second-order valence-corrected chi connectivity index (χ2v) is 4.92. The molecule has 0 aliphatic rings. The highest BCUT2D eigenvalue weighted by Gasteiger charge is 2.10. The summed E-state index contributed by atoms with van der Waals surface area (Å²) in [4.78, 5) is 22.2. The fourth-order valence-electron chi connectivity index (χ4n) is 2.06. The van der Waals surface area contributed by atoms with Crippen LogP contribution in [-0.4, -0.2) is 27.6 Å². The molecule has 25 heavy (non-hydrogen) atoms. The third-order valence-corrected chi connectivity index (χ3v) is 3.15. The lowest BCUT2D eigenvalue weighted by molar-refractivity contribution is -0.384. The van der Waals surface area contributed by atoms with Gasteiger partial charge in [0.1, 0.15) is 5.75 Å². The van der Waals surface area contributed by atoms with E-state index in [0.717, 1.165) is 0 Å². The van der Waals surface area contributed by atoms with Crippen molar-refractivity contribution in [3.8, 4) is 17.2 Å². The van der Waals surface area contributed by atoms with Crippen LogP contribution in [-0.2, 0) is 4.79 Å². The number of aromatic nitrogens is 2. The highest BCUT2D eigenvalue weighted by atomic mass is 16.6. The fraction of sp³-hybridized carbons (Fsp3) is 0.0625. The maximum atomic E-state index is 12.0. The summed E-state index contributed by atoms with van der Waals surface area (Å²) < 4.78 is 10.4. The first-order valence-corrected chi connectivity index (χ1v) is 7.15. The molecule has 0 saturated carbocycles. The summed E-state index contributed by atoms with van der Waals surface area (Å²) in [5, 5.41) is 20.8. The van der Waals surface area contributed by atoms with Crippen molar-refractivity contribution in [1.82, 2.24) is 10.2 Å². The van der Waals surface area contributed by atoms with Gasteiger partial charge >= 0.3 is 0 Å². The van der Waals surface area contributed by atoms with E-state index >= 15 is 0 Å². The number of carbonyl (C=O) groups is 1. The third-order valence-electron chi connectivity index (χ3n) is 3.15. The molecule has 0 atom stereocenters. The molecule has 0 aliphatic carbocycles. The number of hydrogen-bond acceptors (Lipinski definition) is 7. The normalized spacial score (nSPS) is 10.2. The molecule has 1 N–H and O–H groups in total. The molecule has 0 unspecified atom stereocenters. The van der Waals surface area contributed by atoms with Crippen molar-refractivity contribution in [2.75, 3.05) is 11.9 Å². The average molecular weight is 340 g/mol. The van der Waals surface area contributed by atoms with Crippen LogP contribution >= 0.6 is 0 Å². The first kappa shape index (κ1) is 16.1. The quantitative estimate of drug-likeness (QED) is 0.541. The maximum Gasteiger partial charge on any atom is 0.273 e. The second-order valence-electron chi connectivity index (χ2n) is 4.92. The van der Waals surface area contributed by atoms with E-state index in [-0.39, 0.29) is 18.0 Å². The van der Waals surface area contributed by atoms with Crippen molar-refractivity contribution in [2.24, 2.45) is 0 Å². The zero-order valence-electron chi connectivity index (χ0n) is 12.8. The van der Waals surface area contributed by atoms with Crippen molar-refractivity contribution in [2.45, 2.75) is 0 Å². The largest absolute Gasteiger partial charge is 0.484 e. The van der Waals surface area contributed by atoms with E-state index in [1.54, 1.807) is 24.3 Å². The number of carbonyl (C=O) groups excluding carboxylic acids is 1. The number of ether oxygens (including phenoxy) is 1. The molecule has 0 saturated heterocycles. The van der Waals surface area contributed by atoms with E-state index < -0.39 is 10.8 Å². The molecular formula is C16H12N4O5. The Balaban J connectivity index is 1.60. The molecule has 0 bridgehead atoms. The second kappa shape index (κ2) is 7.21. The predicted octanol–water partition coefficient (Wildman–Crippen LogP) is 2.66. The minimum atomic E-state index is -0.532. The summed E-state index contributed by atoms with van der Waals surface area (Å²) in [5.74, 6) is 0.169. The van der Waals surface area contributed by atoms with Crippen LogP contribution < -0.4 is 10.1 Å². The zero-order chi connectivity index (χ0) is 17.6. The monoisotopic (exact) mass is 340 g/mol. The molecule has 0 aliphatic heterocycles. The molecule has 3 rings (SSSR count). The van der Waals surface area contributed by atoms with Gasteiger partial charge in [0.15, 0.2) is 6.61 Å². The molecular weight excluding hydrogens is 328 g/mol. The van der Waals surface area contributed by atoms with Crippen LogP contribution in [0.2, 0.25) is 0 Å². The molecule has 1 aromatic heterocycles. The Kier molecular flexibility index (Phi) is 4.65. The number of nitro benzene ring substituents is 1. The number of hydrogen-bond donors (Lipinski definition) is 1. The number of nitrogens with one attached hydrogen (secondary N) is 1. The van der Waals surface area contributed by atoms with Crippen molar-refractivity contribution in [3.05, 3.63) is 65.0 Å². The molecule has 0 radical (unpaired) electrons. The van der Waals surface area contributed by atoms with Crippen molar-refractivity contribution < 1.29 is 18.9 Å². The van der Waals surface area contributed by atoms with E-state index in [0.29, 0.717) is 17.1 Å². The number of rotatable bonds is 6. The van der Waals surface area contributed by atoms with Crippen LogP contribution in [0.5, 0.6) is 5.75 Å². The summed E-state index contributed by atoms with van der Waals surface area (Å²) in [6.45, 7) is -0.286. The first-order chi connectivity index (χ1) is 12.1. The van der Waals surface area contributed by atoms with Gasteiger partial charge in [0.25, 0.3) is 11.6 Å². The van der Waals surface area contributed by atoms with E-state index in [4.69, 9.17) is 9.15 Å². The Morgan fingerprint density at radius 1 is 1.24 bits per heavy atom. The molecule has 9 nitrogen and oxygen atoms in total.